The quantitative estimate of drug-likeness (QED) is 0.359. The van der Waals surface area contributed by atoms with Gasteiger partial charge in [-0.15, -0.1) is 30.6 Å². The van der Waals surface area contributed by atoms with Crippen molar-refractivity contribution in [2.75, 3.05) is 6.54 Å². The van der Waals surface area contributed by atoms with Crippen LogP contribution < -0.4 is 11.1 Å². The zero-order valence-corrected chi connectivity index (χ0v) is 10.5. The molecule has 0 aromatic heterocycles. The number of nitrogens with two attached hydrogens (primary N) is 1. The predicted molar refractivity (Wildman–Crippen MR) is 67.4 cm³/mol. The van der Waals surface area contributed by atoms with Gasteiger partial charge >= 0.3 is 0 Å². The van der Waals surface area contributed by atoms with E-state index >= 15 is 0 Å². The van der Waals surface area contributed by atoms with Gasteiger partial charge in [0.2, 0.25) is 0 Å². The lowest BCUT2D eigenvalue weighted by Crippen LogP contribution is -2.35. The first kappa shape index (κ1) is 12.7. The van der Waals surface area contributed by atoms with Crippen LogP contribution in [-0.2, 0) is 0 Å². The molecule has 4 heteroatoms. The summed E-state index contributed by atoms with van der Waals surface area (Å²) in [6, 6.07) is 0.506. The van der Waals surface area contributed by atoms with Crippen molar-refractivity contribution >= 4 is 29.9 Å². The number of hydrogen-bond acceptors (Lipinski definition) is 1. The molecule has 3 nitrogen and oxygen atoms in total. The molecule has 1 rings (SSSR count). The zero-order chi connectivity index (χ0) is 9.19. The largest absolute Gasteiger partial charge is 0.370 e. The fraction of sp³-hybridized carbons (Fsp3) is 0.667. The summed E-state index contributed by atoms with van der Waals surface area (Å²) in [5, 5.41) is 3.16. The summed E-state index contributed by atoms with van der Waals surface area (Å²) in [6.45, 7) is 8.58. The normalized spacial score (nSPS) is 24.5. The van der Waals surface area contributed by atoms with Gasteiger partial charge in [0.25, 0.3) is 0 Å². The highest BCUT2D eigenvalue weighted by Crippen LogP contribution is 2.44. The molecular weight excluding hydrogens is 277 g/mol. The monoisotopic (exact) mass is 295 g/mol. The molecule has 0 bridgehead atoms. The Morgan fingerprint density at radius 3 is 2.69 bits per heavy atom. The average molecular weight is 295 g/mol. The number of guanidine groups is 1. The molecular formula is C9H18IN3. The highest BCUT2D eigenvalue weighted by atomic mass is 127. The van der Waals surface area contributed by atoms with Crippen molar-refractivity contribution in [2.45, 2.75) is 26.3 Å². The van der Waals surface area contributed by atoms with E-state index in [1.54, 1.807) is 6.08 Å². The van der Waals surface area contributed by atoms with Crippen LogP contribution in [0.3, 0.4) is 0 Å². The Labute approximate surface area is 96.9 Å². The van der Waals surface area contributed by atoms with E-state index in [0.29, 0.717) is 24.0 Å². The van der Waals surface area contributed by atoms with Crippen LogP contribution in [0.25, 0.3) is 0 Å². The molecule has 0 saturated heterocycles. The smallest absolute Gasteiger partial charge is 0.189 e. The molecule has 1 fully saturated rings. The fourth-order valence-corrected chi connectivity index (χ4v) is 1.10. The van der Waals surface area contributed by atoms with E-state index in [1.807, 2.05) is 0 Å². The molecule has 3 N–H and O–H groups in total. The van der Waals surface area contributed by atoms with E-state index in [2.05, 4.69) is 30.7 Å². The lowest BCUT2D eigenvalue weighted by atomic mass is 10.2. The van der Waals surface area contributed by atoms with E-state index in [9.17, 15) is 0 Å². The van der Waals surface area contributed by atoms with E-state index in [-0.39, 0.29) is 24.0 Å². The van der Waals surface area contributed by atoms with Crippen molar-refractivity contribution in [1.29, 1.82) is 0 Å². The van der Waals surface area contributed by atoms with Gasteiger partial charge in [-0.05, 0) is 11.8 Å². The molecule has 1 aliphatic rings. The Balaban J connectivity index is 0.00000144. The standard InChI is InChI=1S/C9H17N3.HI/c1-4-5-11-8(10)12-7-6-9(7,2)3;/h4,7H,1,5-6H2,2-3H3,(H3,10,11,12);1H. The van der Waals surface area contributed by atoms with Crippen LogP contribution in [0, 0.1) is 5.41 Å². The summed E-state index contributed by atoms with van der Waals surface area (Å²) in [4.78, 5) is 4.05. The molecule has 1 saturated carbocycles. The topological polar surface area (TPSA) is 50.4 Å². The fourth-order valence-electron chi connectivity index (χ4n) is 1.10. The van der Waals surface area contributed by atoms with E-state index in [4.69, 9.17) is 5.73 Å². The molecule has 0 aromatic rings. The average Bonchev–Trinajstić information content (AvgIpc) is 2.54. The number of nitrogens with zero attached hydrogens (tertiary/aromatic N) is 1. The highest BCUT2D eigenvalue weighted by Gasteiger charge is 2.45. The van der Waals surface area contributed by atoms with Crippen molar-refractivity contribution in [3.8, 4) is 0 Å². The second-order valence-corrected chi connectivity index (χ2v) is 3.90. The molecule has 0 spiro atoms. The number of nitrogens with one attached hydrogen (secondary N) is 1. The third-order valence-electron chi connectivity index (χ3n) is 2.23. The summed E-state index contributed by atoms with van der Waals surface area (Å²) >= 11 is 0. The number of rotatable bonds is 3. The Morgan fingerprint density at radius 2 is 2.31 bits per heavy atom. The highest BCUT2D eigenvalue weighted by molar-refractivity contribution is 14.0. The first-order valence-electron chi connectivity index (χ1n) is 4.23. The summed E-state index contributed by atoms with van der Waals surface area (Å²) in [6.07, 6.45) is 2.91. The van der Waals surface area contributed by atoms with Crippen LogP contribution in [0.5, 0.6) is 0 Å². The Hall–Kier alpha value is -0.260. The molecule has 76 valence electrons. The van der Waals surface area contributed by atoms with Gasteiger partial charge in [0.15, 0.2) is 5.96 Å². The number of halogens is 1. The van der Waals surface area contributed by atoms with Crippen LogP contribution in [-0.4, -0.2) is 18.5 Å². The van der Waals surface area contributed by atoms with Crippen molar-refractivity contribution in [3.63, 3.8) is 0 Å². The third-order valence-corrected chi connectivity index (χ3v) is 2.23. The molecule has 0 aromatic carbocycles. The second kappa shape index (κ2) is 4.83. The van der Waals surface area contributed by atoms with Crippen molar-refractivity contribution in [3.05, 3.63) is 12.7 Å². The summed E-state index contributed by atoms with van der Waals surface area (Å²) in [7, 11) is 0. The van der Waals surface area contributed by atoms with Crippen LogP contribution in [0.1, 0.15) is 20.3 Å². The van der Waals surface area contributed by atoms with Gasteiger partial charge in [-0.3, -0.25) is 0 Å². The van der Waals surface area contributed by atoms with Gasteiger partial charge in [-0.1, -0.05) is 19.9 Å². The SMILES string of the molecule is C=CCN=C(N)NC1CC1(C)C.I. The van der Waals surface area contributed by atoms with Gasteiger partial charge in [-0.2, -0.15) is 0 Å². The number of hydrogen-bond donors (Lipinski definition) is 2. The third kappa shape index (κ3) is 3.97. The Bertz CT molecular complexity index is 211. The summed E-state index contributed by atoms with van der Waals surface area (Å²) in [5.74, 6) is 0.533. The molecule has 1 unspecified atom stereocenters. The first-order chi connectivity index (χ1) is 5.56. The van der Waals surface area contributed by atoms with E-state index in [1.165, 1.54) is 6.42 Å². The molecule has 13 heavy (non-hydrogen) atoms. The molecule has 0 amide bonds. The minimum Gasteiger partial charge on any atom is -0.370 e. The Kier molecular flexibility index (Phi) is 4.74. The molecule has 0 radical (unpaired) electrons. The predicted octanol–water partition coefficient (Wildman–Crippen LogP) is 1.49. The van der Waals surface area contributed by atoms with Crippen LogP contribution in [0.4, 0.5) is 0 Å². The van der Waals surface area contributed by atoms with Gasteiger partial charge in [0.1, 0.15) is 0 Å². The second-order valence-electron chi connectivity index (χ2n) is 3.90. The van der Waals surface area contributed by atoms with E-state index < -0.39 is 0 Å². The lowest BCUT2D eigenvalue weighted by molar-refractivity contribution is 0.593. The Morgan fingerprint density at radius 1 is 1.77 bits per heavy atom. The zero-order valence-electron chi connectivity index (χ0n) is 8.21. The number of aliphatic imine (C=N–C) groups is 1. The van der Waals surface area contributed by atoms with Gasteiger partial charge in [0, 0.05) is 6.04 Å². The van der Waals surface area contributed by atoms with Gasteiger partial charge in [-0.25, -0.2) is 4.99 Å². The maximum absolute atomic E-state index is 5.61. The van der Waals surface area contributed by atoms with Crippen molar-refractivity contribution in [1.82, 2.24) is 5.32 Å². The van der Waals surface area contributed by atoms with Crippen molar-refractivity contribution < 1.29 is 0 Å². The minimum atomic E-state index is 0. The van der Waals surface area contributed by atoms with Crippen LogP contribution >= 0.6 is 24.0 Å². The molecule has 0 heterocycles. The maximum atomic E-state index is 5.61. The van der Waals surface area contributed by atoms with Crippen LogP contribution in [0.2, 0.25) is 0 Å². The minimum absolute atomic E-state index is 0. The maximum Gasteiger partial charge on any atom is 0.189 e. The van der Waals surface area contributed by atoms with Crippen molar-refractivity contribution in [2.24, 2.45) is 16.1 Å². The lowest BCUT2D eigenvalue weighted by Gasteiger charge is -2.06. The summed E-state index contributed by atoms with van der Waals surface area (Å²) in [5.41, 5.74) is 6.01. The summed E-state index contributed by atoms with van der Waals surface area (Å²) < 4.78 is 0. The molecule has 1 atom stereocenters. The van der Waals surface area contributed by atoms with Gasteiger partial charge < -0.3 is 11.1 Å². The van der Waals surface area contributed by atoms with Gasteiger partial charge in [0.05, 0.1) is 6.54 Å². The molecule has 0 aliphatic heterocycles. The van der Waals surface area contributed by atoms with E-state index in [0.717, 1.165) is 0 Å². The first-order valence-corrected chi connectivity index (χ1v) is 4.23. The van der Waals surface area contributed by atoms with Crippen LogP contribution in [0.15, 0.2) is 17.6 Å². The molecule has 1 aliphatic carbocycles.